The number of nitrogens with zero attached hydrogens (tertiary/aromatic N) is 2. The molecule has 1 N–H and O–H groups in total. The quantitative estimate of drug-likeness (QED) is 0.873. The second kappa shape index (κ2) is 5.06. The van der Waals surface area contributed by atoms with Crippen LogP contribution in [-0.4, -0.2) is 41.8 Å². The molecule has 98 valence electrons. The second-order valence-corrected chi connectivity index (χ2v) is 5.56. The fourth-order valence-corrected chi connectivity index (χ4v) is 2.91. The van der Waals surface area contributed by atoms with Crippen molar-refractivity contribution in [1.82, 2.24) is 15.2 Å². The summed E-state index contributed by atoms with van der Waals surface area (Å²) in [5, 5.41) is 4.42. The van der Waals surface area contributed by atoms with Crippen LogP contribution in [0.5, 0.6) is 0 Å². The number of likely N-dealkylation sites (tertiary alicyclic amines) is 1. The van der Waals surface area contributed by atoms with Crippen molar-refractivity contribution in [3.05, 3.63) is 16.6 Å². The third-order valence-electron chi connectivity index (χ3n) is 3.41. The van der Waals surface area contributed by atoms with E-state index in [1.54, 1.807) is 22.8 Å². The van der Waals surface area contributed by atoms with Gasteiger partial charge in [0.2, 0.25) is 5.91 Å². The first kappa shape index (κ1) is 13.0. The highest BCUT2D eigenvalue weighted by molar-refractivity contribution is 7.07. The topological polar surface area (TPSA) is 62.3 Å². The monoisotopic (exact) mass is 267 g/mol. The van der Waals surface area contributed by atoms with Gasteiger partial charge in [-0.25, -0.2) is 4.98 Å². The van der Waals surface area contributed by atoms with Crippen LogP contribution in [0.2, 0.25) is 0 Å². The zero-order valence-corrected chi connectivity index (χ0v) is 11.4. The van der Waals surface area contributed by atoms with Crippen molar-refractivity contribution in [2.75, 3.05) is 20.1 Å². The normalized spacial score (nSPS) is 23.8. The first-order valence-electron chi connectivity index (χ1n) is 5.96. The van der Waals surface area contributed by atoms with Crippen LogP contribution in [0.1, 0.15) is 30.3 Å². The van der Waals surface area contributed by atoms with Crippen molar-refractivity contribution in [2.45, 2.75) is 19.8 Å². The van der Waals surface area contributed by atoms with Crippen molar-refractivity contribution < 1.29 is 9.59 Å². The standard InChI is InChI=1S/C12H17N3O2S/c1-12(11(17)13-2)4-3-5-15(7-12)10(16)9-6-18-8-14-9/h6,8H,3-5,7H2,1-2H3,(H,13,17). The van der Waals surface area contributed by atoms with E-state index in [-0.39, 0.29) is 11.8 Å². The fourth-order valence-electron chi connectivity index (χ4n) is 2.38. The summed E-state index contributed by atoms with van der Waals surface area (Å²) in [6.45, 7) is 3.07. The maximum Gasteiger partial charge on any atom is 0.273 e. The summed E-state index contributed by atoms with van der Waals surface area (Å²) < 4.78 is 0. The minimum atomic E-state index is -0.487. The Morgan fingerprint density at radius 2 is 2.33 bits per heavy atom. The molecule has 18 heavy (non-hydrogen) atoms. The van der Waals surface area contributed by atoms with Gasteiger partial charge < -0.3 is 10.2 Å². The Hall–Kier alpha value is -1.43. The Labute approximate surface area is 110 Å². The lowest BCUT2D eigenvalue weighted by atomic mass is 9.81. The highest BCUT2D eigenvalue weighted by atomic mass is 32.1. The van der Waals surface area contributed by atoms with E-state index in [4.69, 9.17) is 0 Å². The van der Waals surface area contributed by atoms with E-state index in [1.165, 1.54) is 11.3 Å². The summed E-state index contributed by atoms with van der Waals surface area (Å²) in [5.41, 5.74) is 1.63. The molecule has 1 unspecified atom stereocenters. The molecule has 1 saturated heterocycles. The minimum Gasteiger partial charge on any atom is -0.359 e. The van der Waals surface area contributed by atoms with E-state index >= 15 is 0 Å². The molecule has 5 nitrogen and oxygen atoms in total. The number of amides is 2. The highest BCUT2D eigenvalue weighted by Crippen LogP contribution is 2.30. The number of thiazole rings is 1. The van der Waals surface area contributed by atoms with Crippen molar-refractivity contribution in [1.29, 1.82) is 0 Å². The third kappa shape index (κ3) is 2.38. The van der Waals surface area contributed by atoms with E-state index in [1.807, 2.05) is 6.92 Å². The predicted molar refractivity (Wildman–Crippen MR) is 69.4 cm³/mol. The first-order chi connectivity index (χ1) is 8.57. The van der Waals surface area contributed by atoms with E-state index < -0.39 is 5.41 Å². The molecule has 2 rings (SSSR count). The summed E-state index contributed by atoms with van der Waals surface area (Å²) in [6, 6.07) is 0. The average molecular weight is 267 g/mol. The highest BCUT2D eigenvalue weighted by Gasteiger charge is 2.39. The van der Waals surface area contributed by atoms with E-state index in [9.17, 15) is 9.59 Å². The molecular formula is C12H17N3O2S. The largest absolute Gasteiger partial charge is 0.359 e. The molecule has 0 radical (unpaired) electrons. The van der Waals surface area contributed by atoms with Crippen LogP contribution in [0.25, 0.3) is 0 Å². The number of piperidine rings is 1. The Morgan fingerprint density at radius 3 is 2.94 bits per heavy atom. The van der Waals surface area contributed by atoms with Gasteiger partial charge in [0.1, 0.15) is 5.69 Å². The van der Waals surface area contributed by atoms with Gasteiger partial charge in [-0.1, -0.05) is 0 Å². The van der Waals surface area contributed by atoms with Crippen molar-refractivity contribution >= 4 is 23.2 Å². The van der Waals surface area contributed by atoms with Gasteiger partial charge in [0.05, 0.1) is 10.9 Å². The average Bonchev–Trinajstić information content (AvgIpc) is 2.90. The van der Waals surface area contributed by atoms with Crippen LogP contribution < -0.4 is 5.32 Å². The lowest BCUT2D eigenvalue weighted by molar-refractivity contribution is -0.132. The number of hydrogen-bond donors (Lipinski definition) is 1. The van der Waals surface area contributed by atoms with Gasteiger partial charge >= 0.3 is 0 Å². The SMILES string of the molecule is CNC(=O)C1(C)CCCN(C(=O)c2cscn2)C1. The van der Waals surface area contributed by atoms with Gasteiger partial charge in [0.15, 0.2) is 0 Å². The fraction of sp³-hybridized carbons (Fsp3) is 0.583. The molecule has 2 amide bonds. The van der Waals surface area contributed by atoms with Crippen molar-refractivity contribution in [2.24, 2.45) is 5.41 Å². The molecule has 6 heteroatoms. The minimum absolute atomic E-state index is 0.00159. The van der Waals surface area contributed by atoms with Gasteiger partial charge in [-0.15, -0.1) is 11.3 Å². The molecule has 1 aliphatic heterocycles. The molecule has 0 saturated carbocycles. The predicted octanol–water partition coefficient (Wildman–Crippen LogP) is 1.13. The molecular weight excluding hydrogens is 250 g/mol. The van der Waals surface area contributed by atoms with Crippen LogP contribution in [0.4, 0.5) is 0 Å². The van der Waals surface area contributed by atoms with Crippen molar-refractivity contribution in [3.8, 4) is 0 Å². The van der Waals surface area contributed by atoms with Gasteiger partial charge in [-0.05, 0) is 19.8 Å². The number of carbonyl (C=O) groups is 2. The number of carbonyl (C=O) groups excluding carboxylic acids is 2. The molecule has 1 aromatic heterocycles. The maximum atomic E-state index is 12.2. The van der Waals surface area contributed by atoms with Crippen LogP contribution in [0, 0.1) is 5.41 Å². The number of hydrogen-bond acceptors (Lipinski definition) is 4. The molecule has 0 aromatic carbocycles. The number of rotatable bonds is 2. The Bertz CT molecular complexity index is 446. The summed E-state index contributed by atoms with van der Waals surface area (Å²) in [6.07, 6.45) is 1.66. The first-order valence-corrected chi connectivity index (χ1v) is 6.91. The van der Waals surface area contributed by atoms with Gasteiger partial charge in [-0.3, -0.25) is 9.59 Å². The van der Waals surface area contributed by atoms with E-state index in [0.717, 1.165) is 12.8 Å². The van der Waals surface area contributed by atoms with Crippen LogP contribution >= 0.6 is 11.3 Å². The summed E-state index contributed by atoms with van der Waals surface area (Å²) >= 11 is 1.40. The smallest absolute Gasteiger partial charge is 0.273 e. The molecule has 0 bridgehead atoms. The summed E-state index contributed by atoms with van der Waals surface area (Å²) in [7, 11) is 1.63. The Balaban J connectivity index is 2.12. The lowest BCUT2D eigenvalue weighted by Gasteiger charge is -2.38. The lowest BCUT2D eigenvalue weighted by Crippen LogP contribution is -2.51. The van der Waals surface area contributed by atoms with Gasteiger partial charge in [0.25, 0.3) is 5.91 Å². The molecule has 0 aliphatic carbocycles. The molecule has 2 heterocycles. The Kier molecular flexibility index (Phi) is 3.65. The van der Waals surface area contributed by atoms with E-state index in [0.29, 0.717) is 18.8 Å². The Morgan fingerprint density at radius 1 is 1.56 bits per heavy atom. The molecule has 1 aliphatic rings. The molecule has 1 fully saturated rings. The summed E-state index contributed by atoms with van der Waals surface area (Å²) in [4.78, 5) is 29.8. The molecule has 1 atom stereocenters. The molecule has 0 spiro atoms. The zero-order chi connectivity index (χ0) is 13.2. The number of nitrogens with one attached hydrogen (secondary N) is 1. The van der Waals surface area contributed by atoms with Crippen LogP contribution in [0.3, 0.4) is 0 Å². The van der Waals surface area contributed by atoms with Gasteiger partial charge in [-0.2, -0.15) is 0 Å². The van der Waals surface area contributed by atoms with E-state index in [2.05, 4.69) is 10.3 Å². The van der Waals surface area contributed by atoms with Crippen LogP contribution in [0.15, 0.2) is 10.9 Å². The second-order valence-electron chi connectivity index (χ2n) is 4.84. The number of aromatic nitrogens is 1. The van der Waals surface area contributed by atoms with Crippen LogP contribution in [-0.2, 0) is 4.79 Å². The zero-order valence-electron chi connectivity index (χ0n) is 10.6. The molecule has 1 aromatic rings. The summed E-state index contributed by atoms with van der Waals surface area (Å²) in [5.74, 6) is -0.0793. The third-order valence-corrected chi connectivity index (χ3v) is 4.00. The van der Waals surface area contributed by atoms with Crippen molar-refractivity contribution in [3.63, 3.8) is 0 Å². The maximum absolute atomic E-state index is 12.2. The van der Waals surface area contributed by atoms with Gasteiger partial charge in [0, 0.05) is 25.5 Å².